The second-order valence-corrected chi connectivity index (χ2v) is 9.43. The first-order valence-electron chi connectivity index (χ1n) is 11.8. The van der Waals surface area contributed by atoms with Crippen LogP contribution >= 0.6 is 0 Å². The summed E-state index contributed by atoms with van der Waals surface area (Å²) in [7, 11) is 0. The number of phenolic OH excluding ortho intramolecular Hbond substituents is 1. The van der Waals surface area contributed by atoms with Gasteiger partial charge < -0.3 is 34.5 Å². The Hall–Kier alpha value is -3.71. The number of nitrogens with one attached hydrogen (secondary N) is 1. The first-order chi connectivity index (χ1) is 17.8. The number of alkyl halides is 3. The molecule has 0 saturated carbocycles. The van der Waals surface area contributed by atoms with Crippen molar-refractivity contribution in [3.8, 4) is 23.0 Å². The molecular weight excluding hydrogens is 513 g/mol. The van der Waals surface area contributed by atoms with Crippen LogP contribution in [0, 0.1) is 0 Å². The molecule has 1 saturated heterocycles. The van der Waals surface area contributed by atoms with Crippen LogP contribution in [0.3, 0.4) is 0 Å². The number of ether oxygens (including phenoxy) is 4. The second-order valence-electron chi connectivity index (χ2n) is 9.43. The molecule has 0 bridgehead atoms. The Morgan fingerprint density at radius 1 is 1.11 bits per heavy atom. The van der Waals surface area contributed by atoms with E-state index >= 15 is 0 Å². The number of piperidine rings is 1. The lowest BCUT2D eigenvalue weighted by Crippen LogP contribution is -2.53. The zero-order valence-electron chi connectivity index (χ0n) is 20.4. The molecule has 1 fully saturated rings. The van der Waals surface area contributed by atoms with Crippen LogP contribution in [-0.2, 0) is 14.3 Å². The molecule has 4 rings (SSSR count). The molecular formula is C25H27F3N2O8. The Morgan fingerprint density at radius 2 is 1.74 bits per heavy atom. The van der Waals surface area contributed by atoms with Crippen LogP contribution in [0.5, 0.6) is 23.0 Å². The van der Waals surface area contributed by atoms with Crippen LogP contribution in [0.4, 0.5) is 18.9 Å². The van der Waals surface area contributed by atoms with Gasteiger partial charge in [0.25, 0.3) is 11.7 Å². The lowest BCUT2D eigenvalue weighted by Gasteiger charge is -2.39. The molecule has 206 valence electrons. The first kappa shape index (κ1) is 27.3. The Labute approximate surface area is 215 Å². The first-order valence-corrected chi connectivity index (χ1v) is 11.8. The molecule has 1 atom stereocenters. The second kappa shape index (κ2) is 10.6. The molecule has 2 aromatic rings. The van der Waals surface area contributed by atoms with Crippen LogP contribution in [-0.4, -0.2) is 77.4 Å². The topological polar surface area (TPSA) is 127 Å². The van der Waals surface area contributed by atoms with Crippen molar-refractivity contribution in [1.82, 2.24) is 4.90 Å². The largest absolute Gasteiger partial charge is 0.508 e. The van der Waals surface area contributed by atoms with E-state index in [-0.39, 0.29) is 30.3 Å². The molecule has 0 unspecified atom stereocenters. The van der Waals surface area contributed by atoms with E-state index in [2.05, 4.69) is 10.1 Å². The number of hydrogen-bond acceptors (Lipinski definition) is 9. The summed E-state index contributed by atoms with van der Waals surface area (Å²) in [5.41, 5.74) is -1.35. The highest BCUT2D eigenvalue weighted by Crippen LogP contribution is 2.43. The van der Waals surface area contributed by atoms with Crippen LogP contribution in [0.2, 0.25) is 0 Å². The molecule has 2 aliphatic heterocycles. The van der Waals surface area contributed by atoms with Gasteiger partial charge in [-0.05, 0) is 31.2 Å². The molecule has 3 N–H and O–H groups in total. The number of halogens is 3. The van der Waals surface area contributed by atoms with Crippen molar-refractivity contribution < 1.29 is 51.9 Å². The SMILES string of the molecule is C[C@@](O)(COc1cc(O)ccc1NC(=O)COC(=O)C(F)(F)F)CN1CCC2(CC1)Oc1ccccc1O2. The average Bonchev–Trinajstić information content (AvgIpc) is 3.21. The van der Waals surface area contributed by atoms with Crippen molar-refractivity contribution >= 4 is 17.6 Å². The number of anilines is 1. The molecule has 2 aromatic carbocycles. The third-order valence-corrected chi connectivity index (χ3v) is 5.97. The molecule has 2 aliphatic rings. The maximum absolute atomic E-state index is 12.3. The normalized spacial score (nSPS) is 18.0. The number of phenols is 1. The fourth-order valence-corrected chi connectivity index (χ4v) is 4.19. The van der Waals surface area contributed by atoms with Gasteiger partial charge in [0, 0.05) is 38.5 Å². The lowest BCUT2D eigenvalue weighted by atomic mass is 10.0. The van der Waals surface area contributed by atoms with E-state index in [4.69, 9.17) is 14.2 Å². The van der Waals surface area contributed by atoms with E-state index < -0.39 is 36.0 Å². The molecule has 1 spiro atoms. The predicted molar refractivity (Wildman–Crippen MR) is 126 cm³/mol. The van der Waals surface area contributed by atoms with Crippen molar-refractivity contribution in [2.75, 3.05) is 38.2 Å². The van der Waals surface area contributed by atoms with Gasteiger partial charge in [-0.1, -0.05) is 12.1 Å². The van der Waals surface area contributed by atoms with Crippen LogP contribution in [0.25, 0.3) is 0 Å². The highest BCUT2D eigenvalue weighted by Gasteiger charge is 2.45. The minimum absolute atomic E-state index is 0.00155. The Kier molecular flexibility index (Phi) is 7.61. The number of carbonyl (C=O) groups excluding carboxylic acids is 2. The summed E-state index contributed by atoms with van der Waals surface area (Å²) in [5.74, 6) is -3.12. The maximum Gasteiger partial charge on any atom is 0.490 e. The minimum Gasteiger partial charge on any atom is -0.508 e. The molecule has 13 heteroatoms. The summed E-state index contributed by atoms with van der Waals surface area (Å²) in [5, 5.41) is 23.0. The quantitative estimate of drug-likeness (QED) is 0.342. The number of aliphatic hydroxyl groups is 1. The summed E-state index contributed by atoms with van der Waals surface area (Å²) in [6, 6.07) is 11.1. The number of β-amino-alcohol motifs (C(OH)–C–C–N with tert-alkyl or cyclic N) is 1. The number of rotatable bonds is 8. The standard InChI is InChI=1S/C25H27F3N2O8/c1-23(34,14-30-10-8-24(9-11-30)37-18-4-2-3-5-19(18)38-24)15-36-20-12-16(31)6-7-17(20)29-21(32)13-35-22(33)25(26,27)28/h2-7,12,31,34H,8-11,13-15H2,1H3,(H,29,32)/t23-/m0/s1. The van der Waals surface area contributed by atoms with Crippen molar-refractivity contribution in [2.24, 2.45) is 0 Å². The summed E-state index contributed by atoms with van der Waals surface area (Å²) in [6.07, 6.45) is -4.06. The Balaban J connectivity index is 1.29. The monoisotopic (exact) mass is 540 g/mol. The van der Waals surface area contributed by atoms with Gasteiger partial charge in [-0.3, -0.25) is 9.69 Å². The number of para-hydroxylation sites is 2. The zero-order valence-corrected chi connectivity index (χ0v) is 20.4. The molecule has 0 radical (unpaired) electrons. The van der Waals surface area contributed by atoms with Crippen LogP contribution in [0.15, 0.2) is 42.5 Å². The van der Waals surface area contributed by atoms with E-state index in [0.717, 1.165) is 0 Å². The van der Waals surface area contributed by atoms with E-state index in [1.54, 1.807) is 6.92 Å². The fraction of sp³-hybridized carbons (Fsp3) is 0.440. The minimum atomic E-state index is -5.23. The fourth-order valence-electron chi connectivity index (χ4n) is 4.19. The Morgan fingerprint density at radius 3 is 2.34 bits per heavy atom. The van der Waals surface area contributed by atoms with Crippen molar-refractivity contribution in [3.63, 3.8) is 0 Å². The van der Waals surface area contributed by atoms with Gasteiger partial charge in [0.05, 0.1) is 5.69 Å². The highest BCUT2D eigenvalue weighted by molar-refractivity contribution is 5.94. The van der Waals surface area contributed by atoms with Gasteiger partial charge in [-0.2, -0.15) is 13.2 Å². The van der Waals surface area contributed by atoms with Gasteiger partial charge in [0.15, 0.2) is 18.1 Å². The molecule has 2 heterocycles. The molecule has 38 heavy (non-hydrogen) atoms. The van der Waals surface area contributed by atoms with Crippen LogP contribution in [0.1, 0.15) is 19.8 Å². The number of benzene rings is 2. The zero-order chi connectivity index (χ0) is 27.6. The summed E-state index contributed by atoms with van der Waals surface area (Å²) < 4.78 is 58.4. The van der Waals surface area contributed by atoms with E-state index in [0.29, 0.717) is 37.4 Å². The third-order valence-electron chi connectivity index (χ3n) is 5.97. The van der Waals surface area contributed by atoms with Crippen LogP contribution < -0.4 is 19.5 Å². The van der Waals surface area contributed by atoms with Crippen molar-refractivity contribution in [1.29, 1.82) is 0 Å². The number of nitrogens with zero attached hydrogens (tertiary/aromatic N) is 1. The van der Waals surface area contributed by atoms with E-state index in [9.17, 15) is 33.0 Å². The number of aromatic hydroxyl groups is 1. The van der Waals surface area contributed by atoms with Gasteiger partial charge in [0.2, 0.25) is 0 Å². The van der Waals surface area contributed by atoms with E-state index in [1.807, 2.05) is 29.2 Å². The third kappa shape index (κ3) is 6.78. The summed E-state index contributed by atoms with van der Waals surface area (Å²) in [4.78, 5) is 24.8. The number of amides is 1. The number of carbonyl (C=O) groups is 2. The predicted octanol–water partition coefficient (Wildman–Crippen LogP) is 2.83. The summed E-state index contributed by atoms with van der Waals surface area (Å²) >= 11 is 0. The van der Waals surface area contributed by atoms with Gasteiger partial charge >= 0.3 is 12.1 Å². The number of likely N-dealkylation sites (tertiary alicyclic amines) is 1. The molecule has 0 aliphatic carbocycles. The van der Waals surface area contributed by atoms with Crippen molar-refractivity contribution in [2.45, 2.75) is 37.3 Å². The average molecular weight is 540 g/mol. The molecule has 0 aromatic heterocycles. The van der Waals surface area contributed by atoms with Gasteiger partial charge in [-0.15, -0.1) is 0 Å². The number of hydrogen-bond donors (Lipinski definition) is 3. The maximum atomic E-state index is 12.3. The number of esters is 1. The number of fused-ring (bicyclic) bond motifs is 1. The van der Waals surface area contributed by atoms with Gasteiger partial charge in [-0.25, -0.2) is 4.79 Å². The smallest absolute Gasteiger partial charge is 0.490 e. The van der Waals surface area contributed by atoms with Gasteiger partial charge in [0.1, 0.15) is 23.7 Å². The molecule has 1 amide bonds. The Bertz CT molecular complexity index is 1150. The lowest BCUT2D eigenvalue weighted by molar-refractivity contribution is -0.199. The highest BCUT2D eigenvalue weighted by atomic mass is 19.4. The van der Waals surface area contributed by atoms with E-state index in [1.165, 1.54) is 18.2 Å². The molecule has 10 nitrogen and oxygen atoms in total. The summed E-state index contributed by atoms with van der Waals surface area (Å²) in [6.45, 7) is 1.58. The van der Waals surface area contributed by atoms with Crippen molar-refractivity contribution in [3.05, 3.63) is 42.5 Å².